The number of nitrogens with zero attached hydrogens (tertiary/aromatic N) is 4. The smallest absolute Gasteiger partial charge is 0.269 e. The lowest BCUT2D eigenvalue weighted by Crippen LogP contribution is -2.65. The van der Waals surface area contributed by atoms with E-state index >= 15 is 4.39 Å². The number of imide groups is 1. The summed E-state index contributed by atoms with van der Waals surface area (Å²) in [7, 11) is 4.87. The summed E-state index contributed by atoms with van der Waals surface area (Å²) in [5.74, 6) is -1.05. The van der Waals surface area contributed by atoms with Gasteiger partial charge in [-0.25, -0.2) is 4.39 Å². The van der Waals surface area contributed by atoms with E-state index in [0.717, 1.165) is 28.8 Å². The number of H-pyrrole nitrogens is 1. The van der Waals surface area contributed by atoms with Gasteiger partial charge in [-0.3, -0.25) is 34.2 Å². The van der Waals surface area contributed by atoms with Crippen LogP contribution in [0.15, 0.2) is 60.7 Å². The molecule has 12 nitrogen and oxygen atoms in total. The van der Waals surface area contributed by atoms with Crippen LogP contribution in [0.2, 0.25) is 0 Å². The molecule has 0 aliphatic carbocycles. The van der Waals surface area contributed by atoms with E-state index in [0.29, 0.717) is 73.3 Å². The van der Waals surface area contributed by atoms with Crippen molar-refractivity contribution in [3.63, 3.8) is 0 Å². The second kappa shape index (κ2) is 13.5. The maximum atomic E-state index is 16.3. The van der Waals surface area contributed by atoms with Crippen LogP contribution in [0.3, 0.4) is 0 Å². The fraction of sp³-hybridized carbons (Fsp3) is 0.341. The van der Waals surface area contributed by atoms with Gasteiger partial charge in [-0.15, -0.1) is 0 Å². The number of piperidine rings is 1. The molecule has 4 aliphatic heterocycles. The predicted molar refractivity (Wildman–Crippen MR) is 200 cm³/mol. The lowest BCUT2D eigenvalue weighted by Gasteiger charge is -2.47. The first kappa shape index (κ1) is 35.2. The van der Waals surface area contributed by atoms with Crippen LogP contribution in [-0.2, 0) is 31.0 Å². The summed E-state index contributed by atoms with van der Waals surface area (Å²) in [6.07, 6.45) is 4.48. The number of benzene rings is 3. The number of anilines is 1. The molecular weight excluding hydrogens is 691 g/mol. The molecule has 0 radical (unpaired) electrons. The van der Waals surface area contributed by atoms with E-state index in [1.54, 1.807) is 43.1 Å². The Bertz CT molecular complexity index is 2270. The second-order valence-electron chi connectivity index (χ2n) is 14.8. The van der Waals surface area contributed by atoms with Crippen LogP contribution in [0.5, 0.6) is 5.75 Å². The predicted octanol–water partition coefficient (Wildman–Crippen LogP) is 3.88. The molecule has 8 rings (SSSR count). The van der Waals surface area contributed by atoms with Gasteiger partial charge in [0.1, 0.15) is 22.9 Å². The molecule has 1 atom stereocenters. The molecule has 5 heterocycles. The molecule has 4 aromatic rings. The highest BCUT2D eigenvalue weighted by atomic mass is 19.1. The van der Waals surface area contributed by atoms with E-state index < -0.39 is 23.2 Å². The van der Waals surface area contributed by atoms with Crippen molar-refractivity contribution >= 4 is 52.2 Å². The van der Waals surface area contributed by atoms with Gasteiger partial charge in [0.05, 0.1) is 12.6 Å². The van der Waals surface area contributed by atoms with E-state index in [1.165, 1.54) is 4.90 Å². The molecule has 2 N–H and O–H groups in total. The first-order chi connectivity index (χ1) is 26.0. The summed E-state index contributed by atoms with van der Waals surface area (Å²) in [6, 6.07) is 16.3. The van der Waals surface area contributed by atoms with Crippen LogP contribution in [0.25, 0.3) is 27.6 Å². The first-order valence-corrected chi connectivity index (χ1v) is 18.1. The molecule has 1 unspecified atom stereocenters. The van der Waals surface area contributed by atoms with Crippen molar-refractivity contribution in [2.24, 2.45) is 0 Å². The Morgan fingerprint density at radius 2 is 1.85 bits per heavy atom. The van der Waals surface area contributed by atoms with Crippen LogP contribution in [0, 0.1) is 5.82 Å². The average Bonchev–Trinajstić information content (AvgIpc) is 3.72. The Labute approximate surface area is 311 Å². The number of aromatic amines is 1. The molecule has 3 aromatic carbocycles. The fourth-order valence-corrected chi connectivity index (χ4v) is 8.49. The van der Waals surface area contributed by atoms with Gasteiger partial charge in [0.25, 0.3) is 5.91 Å². The minimum Gasteiger partial charge on any atom is -0.496 e. The van der Waals surface area contributed by atoms with Crippen LogP contribution in [0.1, 0.15) is 46.4 Å². The maximum absolute atomic E-state index is 16.3. The monoisotopic (exact) mass is 732 g/mol. The largest absolute Gasteiger partial charge is 0.496 e. The van der Waals surface area contributed by atoms with E-state index in [-0.39, 0.29) is 41.9 Å². The number of aromatic nitrogens is 1. The van der Waals surface area contributed by atoms with Crippen LogP contribution < -0.4 is 15.0 Å². The molecule has 2 saturated heterocycles. The second-order valence-corrected chi connectivity index (χ2v) is 14.8. The highest BCUT2D eigenvalue weighted by Gasteiger charge is 2.59. The number of hydrogen-bond acceptors (Lipinski definition) is 7. The highest BCUT2D eigenvalue weighted by molar-refractivity contribution is 6.14. The third-order valence-electron chi connectivity index (χ3n) is 11.3. The van der Waals surface area contributed by atoms with Crippen LogP contribution >= 0.6 is 0 Å². The number of fused-ring (bicyclic) bond motifs is 3. The fourth-order valence-electron chi connectivity index (χ4n) is 8.49. The number of nitrogens with one attached hydrogen (secondary N) is 2. The lowest BCUT2D eigenvalue weighted by atomic mass is 9.74. The highest BCUT2D eigenvalue weighted by Crippen LogP contribution is 2.49. The number of rotatable bonds is 9. The minimum atomic E-state index is -0.745. The molecular formula is C41H41FN6O6. The van der Waals surface area contributed by atoms with Gasteiger partial charge in [0.2, 0.25) is 24.1 Å². The third kappa shape index (κ3) is 5.74. The number of hydrogen-bond donors (Lipinski definition) is 2. The zero-order chi connectivity index (χ0) is 37.9. The topological polar surface area (TPSA) is 135 Å². The molecule has 13 heteroatoms. The molecule has 4 aliphatic rings. The molecule has 1 spiro atoms. The first-order valence-electron chi connectivity index (χ1n) is 18.1. The van der Waals surface area contributed by atoms with Gasteiger partial charge >= 0.3 is 0 Å². The van der Waals surface area contributed by atoms with Gasteiger partial charge in [-0.2, -0.15) is 0 Å². The van der Waals surface area contributed by atoms with Crippen molar-refractivity contribution < 1.29 is 33.1 Å². The zero-order valence-electron chi connectivity index (χ0n) is 30.4. The molecule has 0 saturated carbocycles. The van der Waals surface area contributed by atoms with E-state index in [1.807, 2.05) is 48.5 Å². The van der Waals surface area contributed by atoms with Crippen molar-refractivity contribution in [2.45, 2.75) is 37.1 Å². The van der Waals surface area contributed by atoms with Gasteiger partial charge in [0.15, 0.2) is 5.82 Å². The lowest BCUT2D eigenvalue weighted by molar-refractivity contribution is -0.137. The Morgan fingerprint density at radius 3 is 2.59 bits per heavy atom. The van der Waals surface area contributed by atoms with E-state index in [4.69, 9.17) is 4.74 Å². The summed E-state index contributed by atoms with van der Waals surface area (Å²) in [6.45, 7) is 2.54. The third-order valence-corrected chi connectivity index (χ3v) is 11.3. The maximum Gasteiger partial charge on any atom is 0.269 e. The normalized spacial score (nSPS) is 19.4. The summed E-state index contributed by atoms with van der Waals surface area (Å²) in [4.78, 5) is 73.2. The van der Waals surface area contributed by atoms with Crippen molar-refractivity contribution in [1.29, 1.82) is 0 Å². The summed E-state index contributed by atoms with van der Waals surface area (Å²) in [5.41, 5.74) is 4.82. The van der Waals surface area contributed by atoms with Crippen molar-refractivity contribution in [1.82, 2.24) is 25.0 Å². The Hall–Kier alpha value is -5.82. The number of para-hydroxylation sites is 1. The summed E-state index contributed by atoms with van der Waals surface area (Å²) < 4.78 is 22.2. The number of carbonyl (C=O) groups excluding carboxylic acids is 5. The number of ether oxygens (including phenoxy) is 1. The average molecular weight is 733 g/mol. The zero-order valence-corrected chi connectivity index (χ0v) is 30.4. The molecule has 2 fully saturated rings. The number of carbonyl (C=O) groups is 5. The summed E-state index contributed by atoms with van der Waals surface area (Å²) >= 11 is 0. The number of amides is 5. The van der Waals surface area contributed by atoms with Gasteiger partial charge in [-0.1, -0.05) is 36.4 Å². The van der Waals surface area contributed by atoms with Crippen molar-refractivity contribution in [2.75, 3.05) is 58.8 Å². The van der Waals surface area contributed by atoms with Gasteiger partial charge in [0, 0.05) is 75.4 Å². The molecule has 0 bridgehead atoms. The number of halogens is 1. The van der Waals surface area contributed by atoms with Crippen LogP contribution in [-0.4, -0.2) is 110 Å². The number of methoxy groups -OCH3 is 1. The van der Waals surface area contributed by atoms with Crippen LogP contribution in [0.4, 0.5) is 10.1 Å². The summed E-state index contributed by atoms with van der Waals surface area (Å²) in [5, 5.41) is 2.93. The Kier molecular flexibility index (Phi) is 8.84. The number of likely N-dealkylation sites (tertiary alicyclic amines) is 1. The SMILES string of the molecule is COc1cc(CCN2CC3(C2)C(=O)N(C2CCC(=O)NC2=O)c2ccccc23)ccc1-c1cc(C2=CCCN(C=O)C2)c(F)c2[nH]c(C(=O)N(C)C)cc12. The molecule has 1 aromatic heterocycles. The van der Waals surface area contributed by atoms with Crippen molar-refractivity contribution in [3.8, 4) is 16.9 Å². The standard InChI is InChI=1S/C41H41FN6O6/c1-45(2)39(52)31-19-29-28(18-27(36(42)37(29)43-31)25-7-6-15-46(20-25)23-49)26-11-10-24(17-34(26)54-3)14-16-47-21-41(22-47)30-8-4-5-9-32(30)48(40(41)53)33-12-13-35(50)44-38(33)51/h4-5,7-11,17-19,23,33,43H,6,12-16,20-22H2,1-3H3,(H,44,50,51). The van der Waals surface area contributed by atoms with Gasteiger partial charge in [-0.05, 0) is 65.8 Å². The molecule has 5 amide bonds. The molecule has 54 heavy (non-hydrogen) atoms. The Balaban J connectivity index is 1.05. The van der Waals surface area contributed by atoms with E-state index in [2.05, 4.69) is 15.2 Å². The van der Waals surface area contributed by atoms with Crippen molar-refractivity contribution in [3.05, 3.63) is 88.9 Å². The molecule has 278 valence electrons. The Morgan fingerprint density at radius 1 is 1.06 bits per heavy atom. The minimum absolute atomic E-state index is 0.103. The van der Waals surface area contributed by atoms with E-state index in [9.17, 15) is 24.0 Å². The van der Waals surface area contributed by atoms with Gasteiger partial charge < -0.3 is 24.4 Å². The quantitative estimate of drug-likeness (QED) is 0.197.